The van der Waals surface area contributed by atoms with Gasteiger partial charge >= 0.3 is 0 Å². The summed E-state index contributed by atoms with van der Waals surface area (Å²) < 4.78 is 0. The summed E-state index contributed by atoms with van der Waals surface area (Å²) in [6.07, 6.45) is 5.45. The van der Waals surface area contributed by atoms with Gasteiger partial charge in [-0.15, -0.1) is 0 Å². The zero-order valence-corrected chi connectivity index (χ0v) is 14.3. The van der Waals surface area contributed by atoms with E-state index in [0.29, 0.717) is 29.6 Å². The molecule has 3 heteroatoms. The Labute approximate surface area is 133 Å². The van der Waals surface area contributed by atoms with E-state index in [0.717, 1.165) is 25.7 Å². The van der Waals surface area contributed by atoms with E-state index in [4.69, 9.17) is 4.99 Å². The van der Waals surface area contributed by atoms with Crippen molar-refractivity contribution in [3.05, 3.63) is 11.1 Å². The van der Waals surface area contributed by atoms with Crippen molar-refractivity contribution in [3.8, 4) is 0 Å². The van der Waals surface area contributed by atoms with Crippen molar-refractivity contribution < 1.29 is 4.79 Å². The quantitative estimate of drug-likeness (QED) is 0.755. The van der Waals surface area contributed by atoms with E-state index in [1.54, 1.807) is 18.1 Å². The fourth-order valence-corrected chi connectivity index (χ4v) is 5.47. The smallest absolute Gasteiger partial charge is 0.146 e. The molecule has 120 valence electrons. The summed E-state index contributed by atoms with van der Waals surface area (Å²) in [5, 5.41) is 3.77. The third-order valence-electron chi connectivity index (χ3n) is 7.10. The molecule has 2 heterocycles. The molecule has 0 aromatic heterocycles. The molecule has 2 aliphatic heterocycles. The van der Waals surface area contributed by atoms with Crippen LogP contribution < -0.4 is 5.32 Å². The van der Waals surface area contributed by atoms with E-state index in [2.05, 4.69) is 26.1 Å². The molecule has 1 fully saturated rings. The molecule has 6 unspecified atom stereocenters. The van der Waals surface area contributed by atoms with Crippen molar-refractivity contribution in [1.82, 2.24) is 5.32 Å². The molecule has 6 atom stereocenters. The maximum atomic E-state index is 12.1. The Morgan fingerprint density at radius 1 is 1.32 bits per heavy atom. The predicted octanol–water partition coefficient (Wildman–Crippen LogP) is 3.29. The summed E-state index contributed by atoms with van der Waals surface area (Å²) in [7, 11) is 0. The lowest BCUT2D eigenvalue weighted by Crippen LogP contribution is -2.59. The van der Waals surface area contributed by atoms with Crippen molar-refractivity contribution in [2.45, 2.75) is 77.4 Å². The van der Waals surface area contributed by atoms with Gasteiger partial charge in [0.25, 0.3) is 0 Å². The van der Waals surface area contributed by atoms with Crippen molar-refractivity contribution in [2.24, 2.45) is 22.7 Å². The van der Waals surface area contributed by atoms with Gasteiger partial charge in [0.05, 0.1) is 12.1 Å². The minimum absolute atomic E-state index is 0.00940. The Morgan fingerprint density at radius 2 is 2.09 bits per heavy atom. The van der Waals surface area contributed by atoms with Gasteiger partial charge in [-0.1, -0.05) is 25.0 Å². The number of carbonyl (C=O) groups is 1. The van der Waals surface area contributed by atoms with Crippen LogP contribution in [0.3, 0.4) is 0 Å². The van der Waals surface area contributed by atoms with Gasteiger partial charge in [0.2, 0.25) is 0 Å². The number of nitrogens with zero attached hydrogens (tertiary/aromatic N) is 1. The van der Waals surface area contributed by atoms with Crippen LogP contribution in [0.2, 0.25) is 0 Å². The van der Waals surface area contributed by atoms with Crippen molar-refractivity contribution in [1.29, 1.82) is 0 Å². The molecule has 0 radical (unpaired) electrons. The average Bonchev–Trinajstić information content (AvgIpc) is 2.78. The minimum Gasteiger partial charge on any atom is -0.301 e. The molecular weight excluding hydrogens is 272 g/mol. The summed E-state index contributed by atoms with van der Waals surface area (Å²) >= 11 is 0. The number of allylic oxidation sites excluding steroid dienone is 1. The number of hydrogen-bond acceptors (Lipinski definition) is 3. The highest BCUT2D eigenvalue weighted by Gasteiger charge is 2.50. The summed E-state index contributed by atoms with van der Waals surface area (Å²) in [5.74, 6) is 2.10. The largest absolute Gasteiger partial charge is 0.301 e. The SMILES string of the molecule is CC(=O)C1CCC2=C3CC4C(=NC(C4C)C(C)C(C)(C3)N1)C2. The van der Waals surface area contributed by atoms with Crippen molar-refractivity contribution in [3.63, 3.8) is 0 Å². The van der Waals surface area contributed by atoms with E-state index in [9.17, 15) is 4.79 Å². The van der Waals surface area contributed by atoms with E-state index in [-0.39, 0.29) is 11.6 Å². The van der Waals surface area contributed by atoms with Crippen molar-refractivity contribution in [2.75, 3.05) is 0 Å². The first-order chi connectivity index (χ1) is 10.4. The average molecular weight is 300 g/mol. The fraction of sp³-hybridized carbons (Fsp3) is 0.789. The molecule has 4 bridgehead atoms. The molecule has 1 saturated carbocycles. The molecule has 3 nitrogen and oxygen atoms in total. The van der Waals surface area contributed by atoms with Gasteiger partial charge in [-0.05, 0) is 51.4 Å². The van der Waals surface area contributed by atoms with Crippen LogP contribution in [0.15, 0.2) is 16.1 Å². The summed E-state index contributed by atoms with van der Waals surface area (Å²) in [5.41, 5.74) is 4.74. The van der Waals surface area contributed by atoms with Crippen LogP contribution in [-0.2, 0) is 4.79 Å². The predicted molar refractivity (Wildman–Crippen MR) is 89.2 cm³/mol. The van der Waals surface area contributed by atoms with Gasteiger partial charge < -0.3 is 5.32 Å². The minimum atomic E-state index is -0.00940. The Balaban J connectivity index is 1.84. The molecule has 0 aromatic carbocycles. The molecule has 0 amide bonds. The molecule has 0 aromatic rings. The third-order valence-corrected chi connectivity index (χ3v) is 7.10. The first-order valence-electron chi connectivity index (χ1n) is 8.93. The third kappa shape index (κ3) is 1.97. The van der Waals surface area contributed by atoms with E-state index in [1.165, 1.54) is 12.1 Å². The van der Waals surface area contributed by atoms with Crippen LogP contribution in [0, 0.1) is 17.8 Å². The highest BCUT2D eigenvalue weighted by molar-refractivity contribution is 5.92. The number of carbonyl (C=O) groups excluding carboxylic acids is 1. The number of nitrogens with one attached hydrogen (secondary N) is 1. The Bertz CT molecular complexity index is 590. The monoisotopic (exact) mass is 300 g/mol. The van der Waals surface area contributed by atoms with Gasteiger partial charge in [0.15, 0.2) is 0 Å². The lowest BCUT2D eigenvalue weighted by Gasteiger charge is -2.47. The number of aliphatic imine (C=N–C) groups is 1. The van der Waals surface area contributed by atoms with Gasteiger partial charge in [-0.25, -0.2) is 0 Å². The van der Waals surface area contributed by atoms with Gasteiger partial charge in [-0.3, -0.25) is 9.79 Å². The van der Waals surface area contributed by atoms with Gasteiger partial charge in [0, 0.05) is 23.6 Å². The summed E-state index contributed by atoms with van der Waals surface area (Å²) in [6, 6.07) is 0.431. The Hall–Kier alpha value is -0.960. The highest BCUT2D eigenvalue weighted by atomic mass is 16.1. The first kappa shape index (κ1) is 14.6. The van der Waals surface area contributed by atoms with Gasteiger partial charge in [-0.2, -0.15) is 0 Å². The molecule has 4 rings (SSSR count). The second kappa shape index (κ2) is 4.77. The molecule has 4 aliphatic rings. The van der Waals surface area contributed by atoms with Crippen LogP contribution in [0.25, 0.3) is 0 Å². The van der Waals surface area contributed by atoms with Crippen molar-refractivity contribution >= 4 is 11.5 Å². The molecule has 0 saturated heterocycles. The first-order valence-corrected chi connectivity index (χ1v) is 8.93. The molecule has 1 N–H and O–H groups in total. The van der Waals surface area contributed by atoms with Crippen LogP contribution in [-0.4, -0.2) is 29.1 Å². The number of Topliss-reactive ketones (excluding diaryl/α,β-unsaturated/α-hetero) is 1. The van der Waals surface area contributed by atoms with E-state index >= 15 is 0 Å². The Kier molecular flexibility index (Phi) is 3.17. The molecule has 2 aliphatic carbocycles. The molecule has 22 heavy (non-hydrogen) atoms. The van der Waals surface area contributed by atoms with Crippen LogP contribution >= 0.6 is 0 Å². The van der Waals surface area contributed by atoms with Gasteiger partial charge in [0.1, 0.15) is 5.78 Å². The number of fused-ring (bicyclic) bond motifs is 2. The van der Waals surface area contributed by atoms with Crippen LogP contribution in [0.4, 0.5) is 0 Å². The fourth-order valence-electron chi connectivity index (χ4n) is 5.47. The summed E-state index contributed by atoms with van der Waals surface area (Å²) in [4.78, 5) is 17.3. The zero-order chi connectivity index (χ0) is 15.6. The topological polar surface area (TPSA) is 41.5 Å². The highest BCUT2D eigenvalue weighted by Crippen LogP contribution is 2.50. The zero-order valence-electron chi connectivity index (χ0n) is 14.3. The second-order valence-electron chi connectivity index (χ2n) is 8.39. The molecular formula is C19H28N2O. The lowest BCUT2D eigenvalue weighted by atomic mass is 9.63. The normalized spacial score (nSPS) is 46.9. The maximum absolute atomic E-state index is 12.1. The number of ketones is 1. The standard InChI is InChI=1S/C19H28N2O/c1-10-15-7-14-9-19(4)11(2)18(10)20-17(15)8-13(14)5-6-16(21-19)12(3)22/h10-11,15-16,18,21H,5-9H2,1-4H3. The van der Waals surface area contributed by atoms with E-state index in [1.807, 2.05) is 0 Å². The second-order valence-corrected chi connectivity index (χ2v) is 8.39. The number of hydrogen-bond donors (Lipinski definition) is 1. The maximum Gasteiger partial charge on any atom is 0.146 e. The number of rotatable bonds is 1. The molecule has 0 spiro atoms. The van der Waals surface area contributed by atoms with Crippen LogP contribution in [0.1, 0.15) is 59.8 Å². The Morgan fingerprint density at radius 3 is 2.82 bits per heavy atom. The van der Waals surface area contributed by atoms with E-state index < -0.39 is 0 Å². The summed E-state index contributed by atoms with van der Waals surface area (Å²) in [6.45, 7) is 8.82. The lowest BCUT2D eigenvalue weighted by molar-refractivity contribution is -0.120. The van der Waals surface area contributed by atoms with Crippen LogP contribution in [0.5, 0.6) is 0 Å².